The highest BCUT2D eigenvalue weighted by Crippen LogP contribution is 2.27. The van der Waals surface area contributed by atoms with Gasteiger partial charge in [-0.3, -0.25) is 0 Å². The Morgan fingerprint density at radius 3 is 1.50 bits per heavy atom. The number of fused-ring (bicyclic) bond motifs is 2. The van der Waals surface area contributed by atoms with Gasteiger partial charge in [-0.2, -0.15) is 0 Å². The molecule has 4 rings (SSSR count). The lowest BCUT2D eigenvalue weighted by Gasteiger charge is -2.17. The van der Waals surface area contributed by atoms with Gasteiger partial charge in [0.05, 0.1) is 39.3 Å². The Balaban J connectivity index is 0.000000676. The number of carboxylic acid groups (broad SMARTS) is 4. The lowest BCUT2D eigenvalue weighted by molar-refractivity contribution is -0.901. The van der Waals surface area contributed by atoms with Crippen LogP contribution in [0.5, 0.6) is 5.75 Å². The average molecular weight is 701 g/mol. The molecule has 0 aliphatic carbocycles. The lowest BCUT2D eigenvalue weighted by atomic mass is 10.1. The monoisotopic (exact) mass is 700 g/mol. The van der Waals surface area contributed by atoms with Crippen LogP contribution in [-0.4, -0.2) is 104 Å². The first kappa shape index (κ1) is 44.6. The highest BCUT2D eigenvalue weighted by molar-refractivity contribution is 5.90. The zero-order chi connectivity index (χ0) is 37.1. The fourth-order valence-electron chi connectivity index (χ4n) is 4.30. The molecule has 0 aliphatic rings. The van der Waals surface area contributed by atoms with E-state index in [0.717, 1.165) is 30.3 Å². The Morgan fingerprint density at radius 2 is 1.04 bits per heavy atom. The fourth-order valence-corrected chi connectivity index (χ4v) is 4.30. The van der Waals surface area contributed by atoms with E-state index in [0.29, 0.717) is 42.1 Å². The molecule has 2 atom stereocenters. The van der Waals surface area contributed by atoms with E-state index in [1.807, 2.05) is 18.3 Å². The number of aromatic nitrogens is 2. The van der Waals surface area contributed by atoms with Crippen molar-refractivity contribution in [3.8, 4) is 5.75 Å². The number of aromatic amines is 2. The number of hydrogen-bond donors (Lipinski definition) is 9. The number of nitrogens with one attached hydrogen (secondary N) is 4. The van der Waals surface area contributed by atoms with Crippen molar-refractivity contribution >= 4 is 45.7 Å². The molecule has 0 amide bonds. The predicted molar refractivity (Wildman–Crippen MR) is 192 cm³/mol. The smallest absolute Gasteiger partial charge is 0.328 e. The van der Waals surface area contributed by atoms with Crippen molar-refractivity contribution in [1.29, 1.82) is 0 Å². The fraction of sp³-hybridized carbons (Fsp3) is 0.333. The number of carbonyl (C=O) groups is 4. The summed E-state index contributed by atoms with van der Waals surface area (Å²) in [6, 6.07) is 15.5. The summed E-state index contributed by atoms with van der Waals surface area (Å²) in [6.07, 6.45) is 8.53. The molecule has 11 N–H and O–H groups in total. The van der Waals surface area contributed by atoms with Gasteiger partial charge in [0.2, 0.25) is 0 Å². The first-order valence-corrected chi connectivity index (χ1v) is 15.8. The molecule has 0 saturated heterocycles. The Hall–Kier alpha value is -5.44. The van der Waals surface area contributed by atoms with Crippen LogP contribution in [0.15, 0.2) is 79.2 Å². The van der Waals surface area contributed by atoms with Crippen LogP contribution in [0.2, 0.25) is 0 Å². The van der Waals surface area contributed by atoms with Crippen molar-refractivity contribution in [2.45, 2.75) is 52.6 Å². The van der Waals surface area contributed by atoms with Gasteiger partial charge in [-0.1, -0.05) is 24.3 Å². The maximum Gasteiger partial charge on any atom is 0.328 e. The first-order chi connectivity index (χ1) is 23.0. The molecule has 14 heteroatoms. The minimum atomic E-state index is -1.26. The largest absolute Gasteiger partial charge is 0.507 e. The number of para-hydroxylation sites is 1. The Labute approximate surface area is 291 Å². The molecule has 2 unspecified atom stereocenters. The van der Waals surface area contributed by atoms with Crippen molar-refractivity contribution in [3.05, 3.63) is 90.3 Å². The van der Waals surface area contributed by atoms with Crippen molar-refractivity contribution in [2.75, 3.05) is 27.2 Å². The van der Waals surface area contributed by atoms with Crippen LogP contribution < -0.4 is 9.80 Å². The molecule has 2 aromatic heterocycles. The number of quaternary nitrogens is 2. The Bertz CT molecular complexity index is 1640. The zero-order valence-corrected chi connectivity index (χ0v) is 29.4. The molecule has 0 fully saturated rings. The second-order valence-corrected chi connectivity index (χ2v) is 11.9. The van der Waals surface area contributed by atoms with E-state index in [1.165, 1.54) is 33.5 Å². The molecule has 0 aliphatic heterocycles. The van der Waals surface area contributed by atoms with Gasteiger partial charge in [-0.25, -0.2) is 19.2 Å². The van der Waals surface area contributed by atoms with Crippen LogP contribution in [0, 0.1) is 0 Å². The number of rotatable bonds is 12. The summed E-state index contributed by atoms with van der Waals surface area (Å²) < 4.78 is 0. The van der Waals surface area contributed by atoms with Crippen molar-refractivity contribution in [2.24, 2.45) is 0 Å². The third-order valence-electron chi connectivity index (χ3n) is 7.73. The summed E-state index contributed by atoms with van der Waals surface area (Å²) in [7, 11) is 4.47. The third kappa shape index (κ3) is 17.1. The molecule has 50 heavy (non-hydrogen) atoms. The molecule has 0 saturated carbocycles. The van der Waals surface area contributed by atoms with E-state index < -0.39 is 23.9 Å². The second kappa shape index (κ2) is 23.0. The molecule has 0 spiro atoms. The normalized spacial score (nSPS) is 11.9. The lowest BCUT2D eigenvalue weighted by Crippen LogP contribution is -3.12. The molecule has 0 bridgehead atoms. The van der Waals surface area contributed by atoms with E-state index >= 15 is 0 Å². The maximum absolute atomic E-state index is 9.89. The summed E-state index contributed by atoms with van der Waals surface area (Å²) in [4.78, 5) is 47.9. The van der Waals surface area contributed by atoms with Gasteiger partial charge in [-0.05, 0) is 57.0 Å². The maximum atomic E-state index is 9.89. The minimum Gasteiger partial charge on any atom is -0.507 e. The third-order valence-corrected chi connectivity index (χ3v) is 7.73. The first-order valence-electron chi connectivity index (χ1n) is 15.8. The number of phenols is 1. The highest BCUT2D eigenvalue weighted by atomic mass is 16.4. The Kier molecular flexibility index (Phi) is 20.5. The molecular formula is C36H52N4O10+2. The van der Waals surface area contributed by atoms with Crippen LogP contribution >= 0.6 is 0 Å². The molecule has 0 radical (unpaired) electrons. The van der Waals surface area contributed by atoms with Gasteiger partial charge >= 0.3 is 23.9 Å². The summed E-state index contributed by atoms with van der Waals surface area (Å²) in [5.41, 5.74) is 4.91. The average Bonchev–Trinajstić information content (AvgIpc) is 3.66. The van der Waals surface area contributed by atoms with Gasteiger partial charge in [0.25, 0.3) is 0 Å². The molecule has 274 valence electrons. The number of H-pyrrole nitrogens is 2. The van der Waals surface area contributed by atoms with E-state index in [-0.39, 0.29) is 5.48 Å². The predicted octanol–water partition coefficient (Wildman–Crippen LogP) is 1.57. The topological polar surface area (TPSA) is 241 Å². The quantitative estimate of drug-likeness (QED) is 0.0973. The van der Waals surface area contributed by atoms with Gasteiger partial charge < -0.3 is 50.8 Å². The summed E-state index contributed by atoms with van der Waals surface area (Å²) >= 11 is 0. The van der Waals surface area contributed by atoms with E-state index in [4.69, 9.17) is 20.4 Å². The number of aromatic hydroxyl groups is 1. The number of likely N-dealkylation sites (N-methyl/N-ethyl adjacent to an activating group) is 2. The molecule has 4 aromatic rings. The van der Waals surface area contributed by atoms with Crippen molar-refractivity contribution in [1.82, 2.24) is 9.97 Å². The highest BCUT2D eigenvalue weighted by Gasteiger charge is 2.12. The molecule has 2 heterocycles. The summed E-state index contributed by atoms with van der Waals surface area (Å²) in [5.74, 6) is -4.65. The molecule has 2 aromatic carbocycles. The number of carboxylic acids is 4. The summed E-state index contributed by atoms with van der Waals surface area (Å²) in [5, 5.41) is 43.5. The van der Waals surface area contributed by atoms with Crippen molar-refractivity contribution < 1.29 is 60.0 Å². The minimum absolute atomic E-state index is 0. The number of benzene rings is 2. The Morgan fingerprint density at radius 1 is 0.640 bits per heavy atom. The van der Waals surface area contributed by atoms with E-state index in [1.54, 1.807) is 11.0 Å². The van der Waals surface area contributed by atoms with Gasteiger partial charge in [0.1, 0.15) is 5.75 Å². The van der Waals surface area contributed by atoms with Gasteiger partial charge in [-0.15, -0.1) is 0 Å². The number of hydrogen-bond acceptors (Lipinski definition) is 5. The van der Waals surface area contributed by atoms with Crippen LogP contribution in [0.4, 0.5) is 0 Å². The van der Waals surface area contributed by atoms with E-state index in [2.05, 4.69) is 82.2 Å². The van der Waals surface area contributed by atoms with Crippen LogP contribution in [0.25, 0.3) is 21.8 Å². The number of phenolic OH excluding ortho intramolecular Hbond substituents is 1. The van der Waals surface area contributed by atoms with Crippen LogP contribution in [-0.2, 0) is 32.0 Å². The van der Waals surface area contributed by atoms with Gasteiger partial charge in [0.15, 0.2) is 0 Å². The summed E-state index contributed by atoms with van der Waals surface area (Å²) in [6.45, 7) is 11.3. The van der Waals surface area contributed by atoms with E-state index in [9.17, 15) is 24.3 Å². The molecular weight excluding hydrogens is 648 g/mol. The van der Waals surface area contributed by atoms with Crippen LogP contribution in [0.3, 0.4) is 0 Å². The van der Waals surface area contributed by atoms with Crippen molar-refractivity contribution in [3.63, 3.8) is 0 Å². The zero-order valence-electron chi connectivity index (χ0n) is 29.4. The second-order valence-electron chi connectivity index (χ2n) is 11.9. The molecule has 14 nitrogen and oxygen atoms in total. The SMILES string of the molecule is CC(C)[NH+](C)CCc1c[nH]c2cccc(O)c12.CC(C)[NH+](C)CCc1c[nH]c2ccccc12.O.O=C(O)/C=C/C(=O)O.O=C(O)/C=C/C(=O)O. The number of aliphatic carboxylic acids is 4. The standard InChI is InChI=1S/C14H20N2O.C14H20N2.2C4H4O4.H2O/c1-10(2)16(3)8-7-11-9-15-12-5-4-6-13(17)14(11)12;1-11(2)16(3)9-8-12-10-15-14-7-5-4-6-13(12)14;2*5-3(6)1-2-4(7)8;/h4-6,9-10,15,17H,7-8H2,1-3H3;4-7,10-11,15H,8-9H2,1-3H3;2*1-2H,(H,5,6)(H,7,8);1H2/p+2/b;;2*2-1+;. The van der Waals surface area contributed by atoms with Gasteiger partial charge in [0, 0.05) is 71.3 Å². The van der Waals surface area contributed by atoms with Crippen LogP contribution in [0.1, 0.15) is 38.8 Å².